The first-order valence-electron chi connectivity index (χ1n) is 5.33. The van der Waals surface area contributed by atoms with Gasteiger partial charge in [0.15, 0.2) is 0 Å². The summed E-state index contributed by atoms with van der Waals surface area (Å²) in [6.45, 7) is 1.89. The Balaban J connectivity index is 2.69. The van der Waals surface area contributed by atoms with Crippen molar-refractivity contribution in [3.05, 3.63) is 41.7 Å². The molecule has 0 radical (unpaired) electrons. The van der Waals surface area contributed by atoms with E-state index in [0.29, 0.717) is 17.1 Å². The van der Waals surface area contributed by atoms with Crippen LogP contribution >= 0.6 is 0 Å². The van der Waals surface area contributed by atoms with E-state index in [0.717, 1.165) is 5.56 Å². The van der Waals surface area contributed by atoms with E-state index in [9.17, 15) is 9.90 Å². The number of carboxylic acids is 1. The Labute approximate surface area is 104 Å². The Hall–Kier alpha value is -2.43. The minimum Gasteiger partial charge on any atom is -0.479 e. The number of benzene rings is 1. The normalized spacial score (nSPS) is 10.1. The van der Waals surface area contributed by atoms with E-state index in [1.165, 1.54) is 19.5 Å². The van der Waals surface area contributed by atoms with Gasteiger partial charge >= 0.3 is 5.97 Å². The Morgan fingerprint density at radius 3 is 2.67 bits per heavy atom. The van der Waals surface area contributed by atoms with Gasteiger partial charge in [-0.3, -0.25) is 0 Å². The van der Waals surface area contributed by atoms with Crippen molar-refractivity contribution >= 4 is 5.97 Å². The molecule has 5 heteroatoms. The standard InChI is InChI=1S/C13H12N2O3/c1-8-3-4-9(13(16)17)10(7-8)11-12(18-2)15-6-5-14-11/h3-7H,1-2H3,(H,16,17). The van der Waals surface area contributed by atoms with Crippen LogP contribution in [0.1, 0.15) is 15.9 Å². The highest BCUT2D eigenvalue weighted by molar-refractivity contribution is 5.96. The number of carbonyl (C=O) groups is 1. The third-order valence-electron chi connectivity index (χ3n) is 2.52. The molecule has 0 fully saturated rings. The third-order valence-corrected chi connectivity index (χ3v) is 2.52. The number of aromatic carboxylic acids is 1. The van der Waals surface area contributed by atoms with E-state index in [1.807, 2.05) is 6.92 Å². The maximum Gasteiger partial charge on any atom is 0.336 e. The molecule has 2 rings (SSSR count). The van der Waals surface area contributed by atoms with Crippen molar-refractivity contribution in [1.82, 2.24) is 9.97 Å². The SMILES string of the molecule is COc1nccnc1-c1cc(C)ccc1C(=O)O. The number of carboxylic acid groups (broad SMARTS) is 1. The number of nitrogens with zero attached hydrogens (tertiary/aromatic N) is 2. The number of hydrogen-bond acceptors (Lipinski definition) is 4. The molecule has 0 saturated heterocycles. The molecule has 0 bridgehead atoms. The smallest absolute Gasteiger partial charge is 0.336 e. The number of aryl methyl sites for hydroxylation is 1. The zero-order valence-electron chi connectivity index (χ0n) is 10.0. The number of methoxy groups -OCH3 is 1. The van der Waals surface area contributed by atoms with Crippen LogP contribution in [-0.2, 0) is 0 Å². The maximum absolute atomic E-state index is 11.2. The molecule has 92 valence electrons. The molecule has 0 saturated carbocycles. The second-order valence-corrected chi connectivity index (χ2v) is 3.77. The first-order valence-corrected chi connectivity index (χ1v) is 5.33. The van der Waals surface area contributed by atoms with E-state index in [-0.39, 0.29) is 5.56 Å². The third kappa shape index (κ3) is 2.15. The zero-order valence-corrected chi connectivity index (χ0v) is 10.0. The lowest BCUT2D eigenvalue weighted by molar-refractivity contribution is 0.0697. The van der Waals surface area contributed by atoms with E-state index in [4.69, 9.17) is 4.74 Å². The van der Waals surface area contributed by atoms with Crippen molar-refractivity contribution in [2.75, 3.05) is 7.11 Å². The van der Waals surface area contributed by atoms with Gasteiger partial charge in [0.25, 0.3) is 0 Å². The monoisotopic (exact) mass is 244 g/mol. The molecule has 18 heavy (non-hydrogen) atoms. The van der Waals surface area contributed by atoms with Gasteiger partial charge in [-0.05, 0) is 19.1 Å². The number of aromatic nitrogens is 2. The molecule has 0 aliphatic heterocycles. The number of ether oxygens (including phenoxy) is 1. The van der Waals surface area contributed by atoms with Gasteiger partial charge in [-0.1, -0.05) is 11.6 Å². The van der Waals surface area contributed by atoms with Crippen LogP contribution in [0.5, 0.6) is 5.88 Å². The second kappa shape index (κ2) is 4.83. The molecule has 0 unspecified atom stereocenters. The van der Waals surface area contributed by atoms with Crippen LogP contribution in [0.15, 0.2) is 30.6 Å². The molecule has 0 spiro atoms. The summed E-state index contributed by atoms with van der Waals surface area (Å²) < 4.78 is 5.11. The van der Waals surface area contributed by atoms with Crippen LogP contribution in [0.25, 0.3) is 11.3 Å². The Morgan fingerprint density at radius 2 is 2.00 bits per heavy atom. The first kappa shape index (κ1) is 12.0. The van der Waals surface area contributed by atoms with E-state index in [1.54, 1.807) is 18.2 Å². The Morgan fingerprint density at radius 1 is 1.28 bits per heavy atom. The van der Waals surface area contributed by atoms with Gasteiger partial charge in [0.05, 0.1) is 12.7 Å². The fraction of sp³-hybridized carbons (Fsp3) is 0.154. The van der Waals surface area contributed by atoms with Crippen molar-refractivity contribution in [2.24, 2.45) is 0 Å². The molecule has 1 aromatic carbocycles. The fourth-order valence-electron chi connectivity index (χ4n) is 1.70. The summed E-state index contributed by atoms with van der Waals surface area (Å²) in [6.07, 6.45) is 3.00. The molecule has 1 heterocycles. The largest absolute Gasteiger partial charge is 0.479 e. The quantitative estimate of drug-likeness (QED) is 0.895. The summed E-state index contributed by atoms with van der Waals surface area (Å²) in [6, 6.07) is 5.06. The van der Waals surface area contributed by atoms with E-state index >= 15 is 0 Å². The van der Waals surface area contributed by atoms with Crippen molar-refractivity contribution in [3.63, 3.8) is 0 Å². The molecule has 5 nitrogen and oxygen atoms in total. The summed E-state index contributed by atoms with van der Waals surface area (Å²) in [5, 5.41) is 9.19. The topological polar surface area (TPSA) is 72.3 Å². The van der Waals surface area contributed by atoms with Crippen LogP contribution < -0.4 is 4.74 Å². The van der Waals surface area contributed by atoms with Crippen LogP contribution in [0.4, 0.5) is 0 Å². The van der Waals surface area contributed by atoms with Gasteiger partial charge in [0.1, 0.15) is 5.69 Å². The van der Waals surface area contributed by atoms with E-state index in [2.05, 4.69) is 9.97 Å². The molecule has 0 aliphatic rings. The molecule has 1 aromatic heterocycles. The summed E-state index contributed by atoms with van der Waals surface area (Å²) in [5.74, 6) is -0.691. The molecule has 1 N–H and O–H groups in total. The minimum atomic E-state index is -1.00. The lowest BCUT2D eigenvalue weighted by atomic mass is 10.0. The van der Waals surface area contributed by atoms with Crippen molar-refractivity contribution in [1.29, 1.82) is 0 Å². The van der Waals surface area contributed by atoms with Crippen LogP contribution in [0.2, 0.25) is 0 Å². The van der Waals surface area contributed by atoms with Crippen LogP contribution in [0, 0.1) is 6.92 Å². The highest BCUT2D eigenvalue weighted by Gasteiger charge is 2.16. The lowest BCUT2D eigenvalue weighted by Gasteiger charge is -2.09. The minimum absolute atomic E-state index is 0.180. The molecular weight excluding hydrogens is 232 g/mol. The predicted octanol–water partition coefficient (Wildman–Crippen LogP) is 2.16. The Bertz CT molecular complexity index is 597. The fourth-order valence-corrected chi connectivity index (χ4v) is 1.70. The van der Waals surface area contributed by atoms with Gasteiger partial charge in [0.2, 0.25) is 5.88 Å². The summed E-state index contributed by atoms with van der Waals surface area (Å²) in [4.78, 5) is 19.4. The van der Waals surface area contributed by atoms with Crippen molar-refractivity contribution in [2.45, 2.75) is 6.92 Å². The zero-order chi connectivity index (χ0) is 13.1. The molecule has 2 aromatic rings. The number of rotatable bonds is 3. The van der Waals surface area contributed by atoms with E-state index < -0.39 is 5.97 Å². The summed E-state index contributed by atoms with van der Waals surface area (Å²) >= 11 is 0. The van der Waals surface area contributed by atoms with Crippen molar-refractivity contribution < 1.29 is 14.6 Å². The van der Waals surface area contributed by atoms with Gasteiger partial charge in [0, 0.05) is 18.0 Å². The summed E-state index contributed by atoms with van der Waals surface area (Å²) in [5.41, 5.74) is 2.07. The predicted molar refractivity (Wildman–Crippen MR) is 65.7 cm³/mol. The van der Waals surface area contributed by atoms with Gasteiger partial charge in [-0.2, -0.15) is 0 Å². The van der Waals surface area contributed by atoms with Gasteiger partial charge < -0.3 is 9.84 Å². The van der Waals surface area contributed by atoms with Gasteiger partial charge in [-0.15, -0.1) is 0 Å². The summed E-state index contributed by atoms with van der Waals surface area (Å²) in [7, 11) is 1.48. The average Bonchev–Trinajstić information content (AvgIpc) is 2.38. The average molecular weight is 244 g/mol. The second-order valence-electron chi connectivity index (χ2n) is 3.77. The molecule has 0 aliphatic carbocycles. The lowest BCUT2D eigenvalue weighted by Crippen LogP contribution is -2.02. The number of hydrogen-bond donors (Lipinski definition) is 1. The first-order chi connectivity index (χ1) is 8.63. The molecular formula is C13H12N2O3. The molecule has 0 amide bonds. The highest BCUT2D eigenvalue weighted by atomic mass is 16.5. The highest BCUT2D eigenvalue weighted by Crippen LogP contribution is 2.29. The Kier molecular flexibility index (Phi) is 3.23. The molecule has 0 atom stereocenters. The van der Waals surface area contributed by atoms with Gasteiger partial charge in [-0.25, -0.2) is 14.8 Å². The van der Waals surface area contributed by atoms with Crippen LogP contribution in [-0.4, -0.2) is 28.2 Å². The maximum atomic E-state index is 11.2. The van der Waals surface area contributed by atoms with Crippen molar-refractivity contribution in [3.8, 4) is 17.1 Å². The van der Waals surface area contributed by atoms with Crippen LogP contribution in [0.3, 0.4) is 0 Å².